The number of hydrogen-bond acceptors (Lipinski definition) is 3. The molecule has 0 fully saturated rings. The summed E-state index contributed by atoms with van der Waals surface area (Å²) in [4.78, 5) is 18.9. The average Bonchev–Trinajstić information content (AvgIpc) is 2.40. The van der Waals surface area contributed by atoms with Crippen molar-refractivity contribution in [3.05, 3.63) is 70.2 Å². The first-order chi connectivity index (χ1) is 9.15. The van der Waals surface area contributed by atoms with Gasteiger partial charge in [0, 0.05) is 17.5 Å². The maximum atomic E-state index is 11.8. The van der Waals surface area contributed by atoms with Gasteiger partial charge < -0.3 is 4.98 Å². The Hall–Kier alpha value is -1.81. The van der Waals surface area contributed by atoms with E-state index in [0.29, 0.717) is 17.1 Å². The molecule has 0 aliphatic rings. The minimum Gasteiger partial charge on any atom is -0.301 e. The summed E-state index contributed by atoms with van der Waals surface area (Å²) < 4.78 is 0. The van der Waals surface area contributed by atoms with Crippen LogP contribution in [0.15, 0.2) is 58.6 Å². The van der Waals surface area contributed by atoms with E-state index in [1.807, 2.05) is 25.1 Å². The highest BCUT2D eigenvalue weighted by Gasteiger charge is 2.03. The van der Waals surface area contributed by atoms with Crippen LogP contribution in [0.1, 0.15) is 18.1 Å². The number of thioether (sulfide) groups is 1. The third-order valence-electron chi connectivity index (χ3n) is 2.56. The first kappa shape index (κ1) is 13.6. The lowest BCUT2D eigenvalue weighted by molar-refractivity contribution is 0.896. The number of rotatable bonds is 5. The van der Waals surface area contributed by atoms with Crippen LogP contribution in [0.25, 0.3) is 0 Å². The van der Waals surface area contributed by atoms with Gasteiger partial charge in [-0.05, 0) is 18.9 Å². The van der Waals surface area contributed by atoms with Crippen molar-refractivity contribution >= 4 is 11.8 Å². The monoisotopic (exact) mass is 272 g/mol. The van der Waals surface area contributed by atoms with Crippen molar-refractivity contribution in [2.24, 2.45) is 0 Å². The Labute approximate surface area is 116 Å². The summed E-state index contributed by atoms with van der Waals surface area (Å²) in [7, 11) is 0. The summed E-state index contributed by atoms with van der Waals surface area (Å²) in [5, 5.41) is 0.652. The van der Waals surface area contributed by atoms with E-state index < -0.39 is 0 Å². The molecule has 0 radical (unpaired) electrons. The molecular formula is C15H16N2OS. The molecule has 0 aliphatic heterocycles. The lowest BCUT2D eigenvalue weighted by atomic mass is 10.1. The maximum Gasteiger partial charge on any atom is 0.255 e. The molecule has 0 unspecified atom stereocenters. The molecule has 98 valence electrons. The van der Waals surface area contributed by atoms with E-state index in [9.17, 15) is 4.79 Å². The Bertz CT molecular complexity index is 620. The second kappa shape index (κ2) is 6.38. The number of hydrogen-bond donors (Lipinski definition) is 1. The standard InChI is InChI=1S/C15H16N2OS/c1-11(2)8-13-9-16-15(17-14(13)18)19-10-12-6-4-3-5-7-12/h3-7,9H,1,8,10H2,2H3,(H,16,17,18). The van der Waals surface area contributed by atoms with Crippen LogP contribution in [0.2, 0.25) is 0 Å². The highest BCUT2D eigenvalue weighted by molar-refractivity contribution is 7.98. The number of H-pyrrole nitrogens is 1. The van der Waals surface area contributed by atoms with Crippen molar-refractivity contribution in [2.75, 3.05) is 0 Å². The van der Waals surface area contributed by atoms with Crippen LogP contribution in [0, 0.1) is 0 Å². The van der Waals surface area contributed by atoms with Crippen LogP contribution in [-0.2, 0) is 12.2 Å². The maximum absolute atomic E-state index is 11.8. The zero-order valence-corrected chi connectivity index (χ0v) is 11.7. The molecular weight excluding hydrogens is 256 g/mol. The smallest absolute Gasteiger partial charge is 0.255 e. The topological polar surface area (TPSA) is 45.8 Å². The zero-order valence-electron chi connectivity index (χ0n) is 10.8. The van der Waals surface area contributed by atoms with Crippen molar-refractivity contribution in [2.45, 2.75) is 24.3 Å². The van der Waals surface area contributed by atoms with Crippen LogP contribution in [-0.4, -0.2) is 9.97 Å². The van der Waals surface area contributed by atoms with E-state index in [0.717, 1.165) is 11.3 Å². The van der Waals surface area contributed by atoms with Crippen LogP contribution >= 0.6 is 11.8 Å². The lowest BCUT2D eigenvalue weighted by Gasteiger charge is -2.03. The van der Waals surface area contributed by atoms with E-state index >= 15 is 0 Å². The van der Waals surface area contributed by atoms with Gasteiger partial charge in [0.2, 0.25) is 0 Å². The number of aromatic amines is 1. The average molecular weight is 272 g/mol. The summed E-state index contributed by atoms with van der Waals surface area (Å²) in [6.45, 7) is 5.70. The van der Waals surface area contributed by atoms with Gasteiger partial charge in [-0.2, -0.15) is 0 Å². The van der Waals surface area contributed by atoms with Gasteiger partial charge in [0.15, 0.2) is 5.16 Å². The van der Waals surface area contributed by atoms with Gasteiger partial charge in [0.05, 0.1) is 0 Å². The van der Waals surface area contributed by atoms with Gasteiger partial charge in [-0.25, -0.2) is 4.98 Å². The largest absolute Gasteiger partial charge is 0.301 e. The Balaban J connectivity index is 2.04. The fourth-order valence-electron chi connectivity index (χ4n) is 1.66. The predicted molar refractivity (Wildman–Crippen MR) is 79.4 cm³/mol. The third-order valence-corrected chi connectivity index (χ3v) is 3.52. The van der Waals surface area contributed by atoms with Crippen LogP contribution in [0.5, 0.6) is 0 Å². The van der Waals surface area contributed by atoms with Crippen LogP contribution < -0.4 is 5.56 Å². The minimum atomic E-state index is -0.0754. The molecule has 2 aromatic rings. The SMILES string of the molecule is C=C(C)Cc1cnc(SCc2ccccc2)[nH]c1=O. The summed E-state index contributed by atoms with van der Waals surface area (Å²) in [6.07, 6.45) is 2.22. The zero-order chi connectivity index (χ0) is 13.7. The van der Waals surface area contributed by atoms with E-state index in [1.54, 1.807) is 6.20 Å². The molecule has 0 saturated carbocycles. The Kier molecular flexibility index (Phi) is 4.58. The Morgan fingerprint density at radius 3 is 2.74 bits per heavy atom. The number of aromatic nitrogens is 2. The minimum absolute atomic E-state index is 0.0754. The quantitative estimate of drug-likeness (QED) is 0.516. The summed E-state index contributed by atoms with van der Waals surface area (Å²) in [5.41, 5.74) is 2.75. The normalized spacial score (nSPS) is 10.4. The van der Waals surface area contributed by atoms with Gasteiger partial charge in [-0.1, -0.05) is 54.2 Å². The van der Waals surface area contributed by atoms with Crippen molar-refractivity contribution in [3.8, 4) is 0 Å². The molecule has 19 heavy (non-hydrogen) atoms. The Morgan fingerprint density at radius 2 is 2.11 bits per heavy atom. The van der Waals surface area contributed by atoms with Crippen LogP contribution in [0.3, 0.4) is 0 Å². The molecule has 0 aliphatic carbocycles. The highest BCUT2D eigenvalue weighted by atomic mass is 32.2. The fraction of sp³-hybridized carbons (Fsp3) is 0.200. The lowest BCUT2D eigenvalue weighted by Crippen LogP contribution is -2.14. The van der Waals surface area contributed by atoms with Crippen molar-refractivity contribution in [3.63, 3.8) is 0 Å². The van der Waals surface area contributed by atoms with E-state index in [4.69, 9.17) is 0 Å². The van der Waals surface area contributed by atoms with Gasteiger partial charge >= 0.3 is 0 Å². The molecule has 1 heterocycles. The molecule has 0 amide bonds. The number of nitrogens with one attached hydrogen (secondary N) is 1. The number of benzene rings is 1. The van der Waals surface area contributed by atoms with Gasteiger partial charge in [-0.15, -0.1) is 0 Å². The molecule has 0 atom stereocenters. The molecule has 0 spiro atoms. The first-order valence-corrected chi connectivity index (χ1v) is 7.03. The highest BCUT2D eigenvalue weighted by Crippen LogP contribution is 2.17. The fourth-order valence-corrected chi connectivity index (χ4v) is 2.44. The van der Waals surface area contributed by atoms with Gasteiger partial charge in [0.25, 0.3) is 5.56 Å². The number of allylic oxidation sites excluding steroid dienone is 1. The van der Waals surface area contributed by atoms with Crippen LogP contribution in [0.4, 0.5) is 0 Å². The van der Waals surface area contributed by atoms with Gasteiger partial charge in [-0.3, -0.25) is 4.79 Å². The third kappa shape index (κ3) is 4.10. The molecule has 0 bridgehead atoms. The van der Waals surface area contributed by atoms with Crippen molar-refractivity contribution < 1.29 is 0 Å². The molecule has 3 nitrogen and oxygen atoms in total. The summed E-state index contributed by atoms with van der Waals surface area (Å²) in [6, 6.07) is 10.1. The second-order valence-corrected chi connectivity index (χ2v) is 5.41. The van der Waals surface area contributed by atoms with E-state index in [1.165, 1.54) is 17.3 Å². The van der Waals surface area contributed by atoms with Crippen molar-refractivity contribution in [1.82, 2.24) is 9.97 Å². The molecule has 0 saturated heterocycles. The van der Waals surface area contributed by atoms with E-state index in [-0.39, 0.29) is 5.56 Å². The van der Waals surface area contributed by atoms with E-state index in [2.05, 4.69) is 28.7 Å². The first-order valence-electron chi connectivity index (χ1n) is 6.04. The second-order valence-electron chi connectivity index (χ2n) is 4.45. The molecule has 1 aromatic carbocycles. The molecule has 2 rings (SSSR count). The van der Waals surface area contributed by atoms with Gasteiger partial charge in [0.1, 0.15) is 0 Å². The molecule has 1 N–H and O–H groups in total. The summed E-state index contributed by atoms with van der Waals surface area (Å²) >= 11 is 1.53. The van der Waals surface area contributed by atoms with Crippen molar-refractivity contribution in [1.29, 1.82) is 0 Å². The molecule has 1 aromatic heterocycles. The predicted octanol–water partition coefficient (Wildman–Crippen LogP) is 3.18. The molecule has 4 heteroatoms. The number of nitrogens with zero attached hydrogens (tertiary/aromatic N) is 1. The Morgan fingerprint density at radius 1 is 1.37 bits per heavy atom. The summed E-state index contributed by atoms with van der Waals surface area (Å²) in [5.74, 6) is 0.795.